The Morgan fingerprint density at radius 3 is 2.45 bits per heavy atom. The summed E-state index contributed by atoms with van der Waals surface area (Å²) in [5.41, 5.74) is -0.141. The molecule has 2 rings (SSSR count). The van der Waals surface area contributed by atoms with Crippen LogP contribution >= 0.6 is 11.6 Å². The molecular formula is C15H15ClF3N3. The van der Waals surface area contributed by atoms with Gasteiger partial charge in [0.1, 0.15) is 11.0 Å². The maximum Gasteiger partial charge on any atom is 0.418 e. The van der Waals surface area contributed by atoms with Gasteiger partial charge in [0.2, 0.25) is 0 Å². The largest absolute Gasteiger partial charge is 0.418 e. The van der Waals surface area contributed by atoms with E-state index in [2.05, 4.69) is 15.6 Å². The molecule has 0 radical (unpaired) electrons. The third kappa shape index (κ3) is 4.27. The number of hydrogen-bond donors (Lipinski definition) is 2. The third-order valence-corrected chi connectivity index (χ3v) is 2.94. The van der Waals surface area contributed by atoms with Crippen LogP contribution in [0.2, 0.25) is 5.15 Å². The Morgan fingerprint density at radius 2 is 1.82 bits per heavy atom. The summed E-state index contributed by atoms with van der Waals surface area (Å²) in [4.78, 5) is 4.01. The second-order valence-electron chi connectivity index (χ2n) is 5.03. The summed E-state index contributed by atoms with van der Waals surface area (Å²) in [6.45, 7) is 3.89. The lowest BCUT2D eigenvalue weighted by molar-refractivity contribution is -0.136. The summed E-state index contributed by atoms with van der Waals surface area (Å²) in [5, 5.41) is 6.00. The van der Waals surface area contributed by atoms with Gasteiger partial charge in [-0.15, -0.1) is 0 Å². The Hall–Kier alpha value is -1.95. The number of benzene rings is 1. The molecule has 1 heterocycles. The normalized spacial score (nSPS) is 11.6. The van der Waals surface area contributed by atoms with Crippen molar-refractivity contribution in [1.82, 2.24) is 4.98 Å². The van der Waals surface area contributed by atoms with Gasteiger partial charge in [-0.1, -0.05) is 23.7 Å². The molecule has 0 saturated heterocycles. The Labute approximate surface area is 131 Å². The number of halogens is 4. The Morgan fingerprint density at radius 1 is 1.14 bits per heavy atom. The van der Waals surface area contributed by atoms with E-state index < -0.39 is 11.7 Å². The minimum atomic E-state index is -4.44. The molecule has 0 amide bonds. The highest BCUT2D eigenvalue weighted by atomic mass is 35.5. The van der Waals surface area contributed by atoms with Gasteiger partial charge in [-0.05, 0) is 32.0 Å². The van der Waals surface area contributed by atoms with Crippen LogP contribution in [0.1, 0.15) is 19.4 Å². The summed E-state index contributed by atoms with van der Waals surface area (Å²) in [5.74, 6) is 0.243. The van der Waals surface area contributed by atoms with Crippen molar-refractivity contribution < 1.29 is 13.2 Å². The summed E-state index contributed by atoms with van der Waals surface area (Å²) < 4.78 is 38.9. The third-order valence-electron chi connectivity index (χ3n) is 2.74. The molecule has 0 unspecified atom stereocenters. The van der Waals surface area contributed by atoms with Crippen LogP contribution in [-0.4, -0.2) is 11.0 Å². The van der Waals surface area contributed by atoms with Crippen LogP contribution in [0.15, 0.2) is 36.4 Å². The van der Waals surface area contributed by atoms with Crippen molar-refractivity contribution >= 4 is 28.8 Å². The highest BCUT2D eigenvalue weighted by Gasteiger charge is 2.33. The minimum Gasteiger partial charge on any atom is -0.383 e. The van der Waals surface area contributed by atoms with Gasteiger partial charge in [-0.25, -0.2) is 4.98 Å². The highest BCUT2D eigenvalue weighted by Crippen LogP contribution is 2.36. The van der Waals surface area contributed by atoms with E-state index in [0.29, 0.717) is 5.69 Å². The number of para-hydroxylation sites is 1. The molecule has 118 valence electrons. The molecule has 0 saturated carbocycles. The lowest BCUT2D eigenvalue weighted by Crippen LogP contribution is -2.11. The van der Waals surface area contributed by atoms with Crippen molar-refractivity contribution in [3.05, 3.63) is 47.1 Å². The number of alkyl halides is 3. The van der Waals surface area contributed by atoms with Crippen LogP contribution in [0.3, 0.4) is 0 Å². The summed E-state index contributed by atoms with van der Waals surface area (Å²) in [6.07, 6.45) is -4.44. The van der Waals surface area contributed by atoms with Crippen molar-refractivity contribution in [2.45, 2.75) is 26.1 Å². The fourth-order valence-corrected chi connectivity index (χ4v) is 2.16. The minimum absolute atomic E-state index is 0.0692. The summed E-state index contributed by atoms with van der Waals surface area (Å²) in [6, 6.07) is 8.61. The van der Waals surface area contributed by atoms with Crippen molar-refractivity contribution in [3.63, 3.8) is 0 Å². The molecule has 0 aliphatic heterocycles. The zero-order valence-corrected chi connectivity index (χ0v) is 12.8. The molecule has 0 bridgehead atoms. The van der Waals surface area contributed by atoms with Crippen molar-refractivity contribution in [3.8, 4) is 0 Å². The Balaban J connectivity index is 2.34. The topological polar surface area (TPSA) is 37.0 Å². The number of pyridine rings is 1. The monoisotopic (exact) mass is 329 g/mol. The van der Waals surface area contributed by atoms with Crippen LogP contribution in [0.25, 0.3) is 0 Å². The molecule has 2 aromatic rings. The lowest BCUT2D eigenvalue weighted by Gasteiger charge is -2.15. The molecular weight excluding hydrogens is 315 g/mol. The van der Waals surface area contributed by atoms with E-state index in [1.807, 2.05) is 13.8 Å². The molecule has 3 nitrogen and oxygen atoms in total. The predicted molar refractivity (Wildman–Crippen MR) is 82.7 cm³/mol. The van der Waals surface area contributed by atoms with E-state index in [1.54, 1.807) is 12.1 Å². The number of hydrogen-bond acceptors (Lipinski definition) is 3. The van der Waals surface area contributed by atoms with Gasteiger partial charge < -0.3 is 10.6 Å². The van der Waals surface area contributed by atoms with Crippen LogP contribution in [0.4, 0.5) is 30.4 Å². The average molecular weight is 330 g/mol. The smallest absolute Gasteiger partial charge is 0.383 e. The van der Waals surface area contributed by atoms with Crippen LogP contribution < -0.4 is 10.6 Å². The lowest BCUT2D eigenvalue weighted by atomic mass is 10.1. The van der Waals surface area contributed by atoms with E-state index >= 15 is 0 Å². The van der Waals surface area contributed by atoms with E-state index in [4.69, 9.17) is 11.6 Å². The maximum absolute atomic E-state index is 13.0. The molecule has 2 N–H and O–H groups in total. The first kappa shape index (κ1) is 16.4. The Bertz CT molecular complexity index is 657. The number of nitrogens with zero attached hydrogens (tertiary/aromatic N) is 1. The first-order valence-corrected chi connectivity index (χ1v) is 7.01. The number of aromatic nitrogens is 1. The molecule has 7 heteroatoms. The van der Waals surface area contributed by atoms with E-state index in [0.717, 1.165) is 6.07 Å². The zero-order chi connectivity index (χ0) is 16.3. The van der Waals surface area contributed by atoms with Gasteiger partial charge in [0.05, 0.1) is 11.3 Å². The first-order valence-electron chi connectivity index (χ1n) is 6.63. The average Bonchev–Trinajstić information content (AvgIpc) is 2.36. The van der Waals surface area contributed by atoms with Crippen LogP contribution in [-0.2, 0) is 6.18 Å². The fraction of sp³-hybridized carbons (Fsp3) is 0.267. The molecule has 1 aromatic heterocycles. The maximum atomic E-state index is 13.0. The Kier molecular flexibility index (Phi) is 4.81. The SMILES string of the molecule is CC(C)Nc1cc(Cl)nc(Nc2ccccc2C(F)(F)F)c1. The molecule has 0 aliphatic rings. The molecule has 22 heavy (non-hydrogen) atoms. The van der Waals surface area contributed by atoms with Gasteiger partial charge >= 0.3 is 6.18 Å². The second-order valence-corrected chi connectivity index (χ2v) is 5.42. The van der Waals surface area contributed by atoms with Crippen molar-refractivity contribution in [1.29, 1.82) is 0 Å². The van der Waals surface area contributed by atoms with Crippen molar-refractivity contribution in [2.24, 2.45) is 0 Å². The van der Waals surface area contributed by atoms with Crippen LogP contribution in [0, 0.1) is 0 Å². The van der Waals surface area contributed by atoms with E-state index in [1.165, 1.54) is 18.2 Å². The van der Waals surface area contributed by atoms with E-state index in [9.17, 15) is 13.2 Å². The predicted octanol–water partition coefficient (Wildman–Crippen LogP) is 5.32. The van der Waals surface area contributed by atoms with Crippen molar-refractivity contribution in [2.75, 3.05) is 10.6 Å². The standard InChI is InChI=1S/C15H15ClF3N3/c1-9(2)20-10-7-13(16)22-14(8-10)21-12-6-4-3-5-11(12)15(17,18)19/h3-9H,1-2H3,(H2,20,21,22). The molecule has 0 aliphatic carbocycles. The van der Waals surface area contributed by atoms with E-state index in [-0.39, 0.29) is 22.7 Å². The zero-order valence-electron chi connectivity index (χ0n) is 12.0. The van der Waals surface area contributed by atoms with Gasteiger partial charge in [-0.2, -0.15) is 13.2 Å². The molecule has 0 fully saturated rings. The van der Waals surface area contributed by atoms with Crippen LogP contribution in [0.5, 0.6) is 0 Å². The number of anilines is 3. The van der Waals surface area contributed by atoms with Gasteiger partial charge in [0, 0.05) is 17.8 Å². The van der Waals surface area contributed by atoms with Gasteiger partial charge in [-0.3, -0.25) is 0 Å². The van der Waals surface area contributed by atoms with Gasteiger partial charge in [0.25, 0.3) is 0 Å². The highest BCUT2D eigenvalue weighted by molar-refractivity contribution is 6.29. The second kappa shape index (κ2) is 6.44. The van der Waals surface area contributed by atoms with Gasteiger partial charge in [0.15, 0.2) is 0 Å². The summed E-state index contributed by atoms with van der Waals surface area (Å²) in [7, 11) is 0. The molecule has 1 aromatic carbocycles. The fourth-order valence-electron chi connectivity index (χ4n) is 1.95. The number of nitrogens with one attached hydrogen (secondary N) is 2. The quantitative estimate of drug-likeness (QED) is 0.746. The summed E-state index contributed by atoms with van der Waals surface area (Å²) >= 11 is 5.92. The molecule has 0 atom stereocenters. The first-order chi connectivity index (χ1) is 10.3. The number of rotatable bonds is 4. The molecule has 0 spiro atoms.